The summed E-state index contributed by atoms with van der Waals surface area (Å²) < 4.78 is 39.1. The topological polar surface area (TPSA) is 83.3 Å². The fourth-order valence-corrected chi connectivity index (χ4v) is 2.31. The molecule has 0 aromatic carbocycles. The van der Waals surface area contributed by atoms with Gasteiger partial charge in [0.2, 0.25) is 5.82 Å². The Labute approximate surface area is 118 Å². The maximum Gasteiger partial charge on any atom is 0.451 e. The van der Waals surface area contributed by atoms with Crippen LogP contribution in [0.3, 0.4) is 0 Å². The van der Waals surface area contributed by atoms with Gasteiger partial charge in [0.1, 0.15) is 11.9 Å². The molecule has 118 valence electrons. The normalized spacial score (nSPS) is 17.5. The van der Waals surface area contributed by atoms with Crippen molar-refractivity contribution in [1.82, 2.24) is 25.0 Å². The lowest BCUT2D eigenvalue weighted by Crippen LogP contribution is -2.40. The lowest BCUT2D eigenvalue weighted by atomic mass is 10.2. The molecule has 0 saturated heterocycles. The van der Waals surface area contributed by atoms with E-state index in [1.807, 2.05) is 4.90 Å². The molecule has 21 heavy (non-hydrogen) atoms. The van der Waals surface area contributed by atoms with Gasteiger partial charge in [-0.25, -0.2) is 0 Å². The number of fused-ring (bicyclic) bond motifs is 1. The van der Waals surface area contributed by atoms with Crippen LogP contribution >= 0.6 is 0 Å². The van der Waals surface area contributed by atoms with Crippen LogP contribution in [-0.4, -0.2) is 56.9 Å². The molecule has 0 aliphatic carbocycles. The van der Waals surface area contributed by atoms with Gasteiger partial charge in [-0.3, -0.25) is 9.69 Å². The first kappa shape index (κ1) is 15.7. The van der Waals surface area contributed by atoms with Crippen LogP contribution in [0.15, 0.2) is 0 Å². The van der Waals surface area contributed by atoms with Crippen LogP contribution in [0, 0.1) is 0 Å². The van der Waals surface area contributed by atoms with E-state index in [9.17, 15) is 18.0 Å². The van der Waals surface area contributed by atoms with Crippen molar-refractivity contribution in [3.63, 3.8) is 0 Å². The number of halogens is 3. The number of rotatable bonds is 5. The van der Waals surface area contributed by atoms with Crippen molar-refractivity contribution < 1.29 is 23.1 Å². The quantitative estimate of drug-likeness (QED) is 0.807. The Hall–Kier alpha value is -1.68. The minimum Gasteiger partial charge on any atom is -0.480 e. The van der Waals surface area contributed by atoms with Gasteiger partial charge in [-0.15, -0.1) is 10.2 Å². The van der Waals surface area contributed by atoms with Crippen LogP contribution in [0.2, 0.25) is 0 Å². The number of aliphatic carboxylic acids is 1. The summed E-state index contributed by atoms with van der Waals surface area (Å²) in [5.41, 5.74) is 0. The molecule has 0 bridgehead atoms. The second-order valence-corrected chi connectivity index (χ2v) is 4.83. The van der Waals surface area contributed by atoms with Crippen molar-refractivity contribution >= 4 is 5.97 Å². The van der Waals surface area contributed by atoms with Crippen molar-refractivity contribution in [1.29, 1.82) is 0 Å². The number of nitrogens with one attached hydrogen (secondary N) is 1. The molecule has 0 spiro atoms. The second kappa shape index (κ2) is 5.98. The highest BCUT2D eigenvalue weighted by atomic mass is 19.4. The van der Waals surface area contributed by atoms with E-state index in [1.54, 1.807) is 7.05 Å². The number of likely N-dealkylation sites (N-methyl/N-ethyl adjacent to an activating group) is 1. The molecule has 1 aliphatic rings. The first-order chi connectivity index (χ1) is 9.82. The molecule has 2 rings (SSSR count). The Morgan fingerprint density at radius 3 is 2.71 bits per heavy atom. The Balaban J connectivity index is 1.98. The summed E-state index contributed by atoms with van der Waals surface area (Å²) in [5.74, 6) is -1.67. The predicted octanol–water partition coefficient (Wildman–Crippen LogP) is 0.175. The van der Waals surface area contributed by atoms with E-state index < -0.39 is 24.0 Å². The molecule has 0 fully saturated rings. The molecule has 2 N–H and O–H groups in total. The number of carboxylic acid groups (broad SMARTS) is 1. The number of aromatic nitrogens is 3. The van der Waals surface area contributed by atoms with Crippen LogP contribution in [0.4, 0.5) is 13.2 Å². The van der Waals surface area contributed by atoms with Crippen LogP contribution in [-0.2, 0) is 24.1 Å². The van der Waals surface area contributed by atoms with E-state index in [0.29, 0.717) is 19.5 Å². The SMILES string of the molecule is CNC(CCN1CCn2c(nnc2C(F)(F)F)C1)C(=O)O. The van der Waals surface area contributed by atoms with E-state index in [1.165, 1.54) is 0 Å². The van der Waals surface area contributed by atoms with E-state index in [0.717, 1.165) is 4.57 Å². The molecule has 10 heteroatoms. The molecule has 1 aromatic rings. The van der Waals surface area contributed by atoms with Gasteiger partial charge >= 0.3 is 12.1 Å². The molecule has 1 atom stereocenters. The van der Waals surface area contributed by atoms with Gasteiger partial charge < -0.3 is 15.0 Å². The van der Waals surface area contributed by atoms with Crippen molar-refractivity contribution in [2.75, 3.05) is 20.1 Å². The molecule has 0 amide bonds. The highest BCUT2D eigenvalue weighted by Crippen LogP contribution is 2.29. The van der Waals surface area contributed by atoms with Crippen LogP contribution in [0.1, 0.15) is 18.1 Å². The summed E-state index contributed by atoms with van der Waals surface area (Å²) in [6.07, 6.45) is -4.14. The van der Waals surface area contributed by atoms with Crippen LogP contribution in [0.5, 0.6) is 0 Å². The fraction of sp³-hybridized carbons (Fsp3) is 0.727. The lowest BCUT2D eigenvalue weighted by molar-refractivity contribution is -0.148. The maximum absolute atomic E-state index is 12.7. The zero-order valence-electron chi connectivity index (χ0n) is 11.4. The minimum atomic E-state index is -4.51. The average Bonchev–Trinajstić information content (AvgIpc) is 2.81. The van der Waals surface area contributed by atoms with Crippen molar-refractivity contribution in [2.45, 2.75) is 31.7 Å². The van der Waals surface area contributed by atoms with Gasteiger partial charge in [0.25, 0.3) is 0 Å². The van der Waals surface area contributed by atoms with Crippen molar-refractivity contribution in [3.05, 3.63) is 11.6 Å². The Morgan fingerprint density at radius 1 is 1.43 bits per heavy atom. The number of carboxylic acids is 1. The van der Waals surface area contributed by atoms with E-state index in [-0.39, 0.29) is 18.9 Å². The minimum absolute atomic E-state index is 0.147. The summed E-state index contributed by atoms with van der Waals surface area (Å²) in [6, 6.07) is -0.671. The first-order valence-corrected chi connectivity index (χ1v) is 6.44. The lowest BCUT2D eigenvalue weighted by Gasteiger charge is -2.28. The molecule has 0 saturated carbocycles. The van der Waals surface area contributed by atoms with Crippen molar-refractivity contribution in [3.8, 4) is 0 Å². The number of alkyl halides is 3. The molecule has 0 radical (unpaired) electrons. The molecule has 7 nitrogen and oxygen atoms in total. The van der Waals surface area contributed by atoms with E-state index in [2.05, 4.69) is 15.5 Å². The third kappa shape index (κ3) is 3.50. The highest BCUT2D eigenvalue weighted by molar-refractivity contribution is 5.73. The zero-order chi connectivity index (χ0) is 15.6. The summed E-state index contributed by atoms with van der Waals surface area (Å²) in [4.78, 5) is 12.8. The smallest absolute Gasteiger partial charge is 0.451 e. The van der Waals surface area contributed by atoms with E-state index in [4.69, 9.17) is 5.11 Å². The molecule has 1 aliphatic heterocycles. The van der Waals surface area contributed by atoms with Crippen molar-refractivity contribution in [2.24, 2.45) is 0 Å². The summed E-state index contributed by atoms with van der Waals surface area (Å²) in [5, 5.41) is 18.4. The predicted molar refractivity (Wildman–Crippen MR) is 65.4 cm³/mol. The molecular formula is C11H16F3N5O2. The molecule has 1 unspecified atom stereocenters. The largest absolute Gasteiger partial charge is 0.480 e. The third-order valence-corrected chi connectivity index (χ3v) is 3.47. The van der Waals surface area contributed by atoms with Gasteiger partial charge in [0.05, 0.1) is 6.54 Å². The fourth-order valence-electron chi connectivity index (χ4n) is 2.31. The van der Waals surface area contributed by atoms with Crippen LogP contribution < -0.4 is 5.32 Å². The molecular weight excluding hydrogens is 291 g/mol. The van der Waals surface area contributed by atoms with Gasteiger partial charge in [0, 0.05) is 19.6 Å². The Bertz CT molecular complexity index is 516. The zero-order valence-corrected chi connectivity index (χ0v) is 11.4. The highest BCUT2D eigenvalue weighted by Gasteiger charge is 2.39. The Kier molecular flexibility index (Phi) is 4.47. The maximum atomic E-state index is 12.7. The third-order valence-electron chi connectivity index (χ3n) is 3.47. The number of hydrogen-bond acceptors (Lipinski definition) is 5. The summed E-state index contributed by atoms with van der Waals surface area (Å²) in [7, 11) is 1.56. The first-order valence-electron chi connectivity index (χ1n) is 6.44. The van der Waals surface area contributed by atoms with Gasteiger partial charge in [-0.1, -0.05) is 0 Å². The molecule has 2 heterocycles. The standard InChI is InChI=1S/C11H16F3N5O2/c1-15-7(9(20)21)2-3-18-4-5-19-8(6-18)16-17-10(19)11(12,13)14/h7,15H,2-6H2,1H3,(H,20,21). The Morgan fingerprint density at radius 2 is 2.14 bits per heavy atom. The van der Waals surface area contributed by atoms with Gasteiger partial charge in [-0.2, -0.15) is 13.2 Å². The summed E-state index contributed by atoms with van der Waals surface area (Å²) in [6.45, 7) is 1.25. The summed E-state index contributed by atoms with van der Waals surface area (Å²) >= 11 is 0. The number of carbonyl (C=O) groups is 1. The van der Waals surface area contributed by atoms with Crippen LogP contribution in [0.25, 0.3) is 0 Å². The number of hydrogen-bond donors (Lipinski definition) is 2. The van der Waals surface area contributed by atoms with Gasteiger partial charge in [-0.05, 0) is 13.5 Å². The molecule has 1 aromatic heterocycles. The van der Waals surface area contributed by atoms with E-state index >= 15 is 0 Å². The van der Waals surface area contributed by atoms with Gasteiger partial charge in [0.15, 0.2) is 0 Å². The average molecular weight is 307 g/mol. The number of nitrogens with zero attached hydrogens (tertiary/aromatic N) is 4. The monoisotopic (exact) mass is 307 g/mol. The second-order valence-electron chi connectivity index (χ2n) is 4.83.